The molecule has 0 aliphatic heterocycles. The van der Waals surface area contributed by atoms with E-state index in [1.54, 1.807) is 0 Å². The molecular weight excluding hydrogens is 158 g/mol. The molecule has 1 rings (SSSR count). The van der Waals surface area contributed by atoms with Crippen molar-refractivity contribution in [3.63, 3.8) is 0 Å². The molecule has 0 radical (unpaired) electrons. The van der Waals surface area contributed by atoms with Gasteiger partial charge in [-0.3, -0.25) is 0 Å². The van der Waals surface area contributed by atoms with Crippen LogP contribution in [-0.2, 0) is 4.79 Å². The lowest BCUT2D eigenvalue weighted by atomic mass is 10.3. The number of nitrogens with two attached hydrogens (primary N) is 1. The Bertz CT molecular complexity index is 305. The minimum atomic E-state index is -1.01. The van der Waals surface area contributed by atoms with Gasteiger partial charge in [0.25, 0.3) is 0 Å². The molecule has 0 spiro atoms. The molecule has 12 heavy (non-hydrogen) atoms. The molecule has 0 atom stereocenters. The fourth-order valence-corrected chi connectivity index (χ4v) is 0.602. The van der Waals surface area contributed by atoms with E-state index in [0.29, 0.717) is 5.56 Å². The summed E-state index contributed by atoms with van der Waals surface area (Å²) in [6, 6.07) is 0. The molecule has 0 saturated carbocycles. The number of nitrogens with zero attached hydrogens (tertiary/aromatic N) is 2. The van der Waals surface area contributed by atoms with E-state index in [2.05, 4.69) is 9.97 Å². The number of nitrogen functional groups attached to an aromatic ring is 1. The first-order valence-corrected chi connectivity index (χ1v) is 3.17. The molecular formula is C7H7N3O2. The number of rotatable bonds is 2. The fraction of sp³-hybridized carbons (Fsp3) is 0. The molecule has 0 amide bonds. The molecule has 0 aliphatic carbocycles. The van der Waals surface area contributed by atoms with Crippen molar-refractivity contribution in [2.75, 3.05) is 5.73 Å². The zero-order chi connectivity index (χ0) is 8.97. The van der Waals surface area contributed by atoms with Gasteiger partial charge in [-0.25, -0.2) is 14.8 Å². The summed E-state index contributed by atoms with van der Waals surface area (Å²) in [5, 5.41) is 8.28. The van der Waals surface area contributed by atoms with Crippen LogP contribution in [0, 0.1) is 0 Å². The molecule has 5 nitrogen and oxygen atoms in total. The second-order valence-corrected chi connectivity index (χ2v) is 2.05. The summed E-state index contributed by atoms with van der Waals surface area (Å²) in [5.41, 5.74) is 5.82. The number of carbonyl (C=O) groups is 1. The van der Waals surface area contributed by atoms with Gasteiger partial charge >= 0.3 is 5.97 Å². The maximum Gasteiger partial charge on any atom is 0.328 e. The van der Waals surface area contributed by atoms with Crippen molar-refractivity contribution >= 4 is 18.0 Å². The molecule has 0 aromatic carbocycles. The Labute approximate surface area is 68.6 Å². The number of carboxylic acid groups (broad SMARTS) is 1. The number of aliphatic carboxylic acids is 1. The molecule has 1 aromatic rings. The van der Waals surface area contributed by atoms with Crippen molar-refractivity contribution < 1.29 is 9.90 Å². The van der Waals surface area contributed by atoms with Crippen molar-refractivity contribution in [1.82, 2.24) is 9.97 Å². The Kier molecular flexibility index (Phi) is 2.37. The smallest absolute Gasteiger partial charge is 0.328 e. The van der Waals surface area contributed by atoms with Crippen LogP contribution in [0.1, 0.15) is 5.56 Å². The minimum Gasteiger partial charge on any atom is -0.478 e. The number of anilines is 1. The Morgan fingerprint density at radius 2 is 2.08 bits per heavy atom. The van der Waals surface area contributed by atoms with Crippen molar-refractivity contribution in [2.45, 2.75) is 0 Å². The highest BCUT2D eigenvalue weighted by Crippen LogP contribution is 1.98. The van der Waals surface area contributed by atoms with Crippen LogP contribution in [0.25, 0.3) is 6.08 Å². The maximum atomic E-state index is 10.1. The first kappa shape index (κ1) is 8.19. The predicted molar refractivity (Wildman–Crippen MR) is 43.1 cm³/mol. The van der Waals surface area contributed by atoms with Crippen LogP contribution in [0.2, 0.25) is 0 Å². The van der Waals surface area contributed by atoms with Crippen LogP contribution in [0.15, 0.2) is 18.5 Å². The molecule has 0 saturated heterocycles. The van der Waals surface area contributed by atoms with Crippen LogP contribution in [0.3, 0.4) is 0 Å². The molecule has 0 unspecified atom stereocenters. The molecule has 1 aromatic heterocycles. The Morgan fingerprint density at radius 3 is 2.58 bits per heavy atom. The summed E-state index contributed by atoms with van der Waals surface area (Å²) < 4.78 is 0. The number of carboxylic acids is 1. The van der Waals surface area contributed by atoms with Gasteiger partial charge in [0.05, 0.1) is 0 Å². The Balaban J connectivity index is 2.77. The third kappa shape index (κ3) is 2.37. The van der Waals surface area contributed by atoms with E-state index in [-0.39, 0.29) is 5.95 Å². The summed E-state index contributed by atoms with van der Waals surface area (Å²) in [7, 11) is 0. The van der Waals surface area contributed by atoms with E-state index in [9.17, 15) is 4.79 Å². The number of hydrogen-bond donors (Lipinski definition) is 2. The summed E-state index contributed by atoms with van der Waals surface area (Å²) in [6.07, 6.45) is 5.29. The molecule has 1 heterocycles. The highest BCUT2D eigenvalue weighted by Gasteiger charge is 1.90. The van der Waals surface area contributed by atoms with E-state index in [4.69, 9.17) is 10.8 Å². The number of aromatic nitrogens is 2. The van der Waals surface area contributed by atoms with Gasteiger partial charge in [0.2, 0.25) is 5.95 Å². The fourth-order valence-electron chi connectivity index (χ4n) is 0.602. The normalized spacial score (nSPS) is 10.3. The quantitative estimate of drug-likeness (QED) is 0.609. The van der Waals surface area contributed by atoms with Crippen molar-refractivity contribution in [3.05, 3.63) is 24.0 Å². The zero-order valence-corrected chi connectivity index (χ0v) is 6.14. The Morgan fingerprint density at radius 1 is 1.50 bits per heavy atom. The minimum absolute atomic E-state index is 0.169. The lowest BCUT2D eigenvalue weighted by Crippen LogP contribution is -1.93. The lowest BCUT2D eigenvalue weighted by molar-refractivity contribution is -0.131. The van der Waals surface area contributed by atoms with Gasteiger partial charge in [0.15, 0.2) is 0 Å². The van der Waals surface area contributed by atoms with Gasteiger partial charge in [-0.15, -0.1) is 0 Å². The molecule has 0 aliphatic rings. The largest absolute Gasteiger partial charge is 0.478 e. The monoisotopic (exact) mass is 165 g/mol. The van der Waals surface area contributed by atoms with Crippen LogP contribution in [0.4, 0.5) is 5.95 Å². The van der Waals surface area contributed by atoms with E-state index in [1.807, 2.05) is 0 Å². The SMILES string of the molecule is Nc1ncc(C=CC(=O)O)cn1. The standard InChI is InChI=1S/C7H7N3O2/c8-7-9-3-5(4-10-7)1-2-6(11)12/h1-4H,(H,11,12)(H2,8,9,10). The van der Waals surface area contributed by atoms with Gasteiger partial charge in [-0.05, 0) is 6.08 Å². The van der Waals surface area contributed by atoms with Crippen molar-refractivity contribution in [2.24, 2.45) is 0 Å². The highest BCUT2D eigenvalue weighted by atomic mass is 16.4. The summed E-state index contributed by atoms with van der Waals surface area (Å²) in [4.78, 5) is 17.4. The average molecular weight is 165 g/mol. The van der Waals surface area contributed by atoms with E-state index >= 15 is 0 Å². The topological polar surface area (TPSA) is 89.1 Å². The second-order valence-electron chi connectivity index (χ2n) is 2.05. The van der Waals surface area contributed by atoms with Gasteiger partial charge in [0, 0.05) is 24.0 Å². The van der Waals surface area contributed by atoms with Crippen molar-refractivity contribution in [3.8, 4) is 0 Å². The van der Waals surface area contributed by atoms with E-state index in [0.717, 1.165) is 6.08 Å². The summed E-state index contributed by atoms with van der Waals surface area (Å²) >= 11 is 0. The number of hydrogen-bond acceptors (Lipinski definition) is 4. The lowest BCUT2D eigenvalue weighted by Gasteiger charge is -1.91. The van der Waals surface area contributed by atoms with Gasteiger partial charge in [-0.2, -0.15) is 0 Å². The first-order valence-electron chi connectivity index (χ1n) is 3.17. The van der Waals surface area contributed by atoms with Crippen LogP contribution in [0.5, 0.6) is 0 Å². The second kappa shape index (κ2) is 3.47. The Hall–Kier alpha value is -1.91. The molecule has 3 N–H and O–H groups in total. The maximum absolute atomic E-state index is 10.1. The van der Waals surface area contributed by atoms with Crippen LogP contribution < -0.4 is 5.73 Å². The first-order chi connectivity index (χ1) is 5.68. The van der Waals surface area contributed by atoms with E-state index in [1.165, 1.54) is 18.5 Å². The summed E-state index contributed by atoms with van der Waals surface area (Å²) in [5.74, 6) is -0.839. The molecule has 5 heteroatoms. The average Bonchev–Trinajstić information content (AvgIpc) is 2.03. The van der Waals surface area contributed by atoms with Gasteiger partial charge in [0.1, 0.15) is 0 Å². The summed E-state index contributed by atoms with van der Waals surface area (Å²) in [6.45, 7) is 0. The van der Waals surface area contributed by atoms with Gasteiger partial charge in [-0.1, -0.05) is 0 Å². The van der Waals surface area contributed by atoms with Crippen LogP contribution in [-0.4, -0.2) is 21.0 Å². The third-order valence-corrected chi connectivity index (χ3v) is 1.11. The van der Waals surface area contributed by atoms with Crippen LogP contribution >= 0.6 is 0 Å². The third-order valence-electron chi connectivity index (χ3n) is 1.11. The van der Waals surface area contributed by atoms with Gasteiger partial charge < -0.3 is 10.8 Å². The van der Waals surface area contributed by atoms with E-state index < -0.39 is 5.97 Å². The van der Waals surface area contributed by atoms with Crippen molar-refractivity contribution in [1.29, 1.82) is 0 Å². The highest BCUT2D eigenvalue weighted by molar-refractivity contribution is 5.85. The molecule has 0 bridgehead atoms. The zero-order valence-electron chi connectivity index (χ0n) is 6.14. The predicted octanol–water partition coefficient (Wildman–Crippen LogP) is 0.157. The molecule has 62 valence electrons. The molecule has 0 fully saturated rings.